The highest BCUT2D eigenvalue weighted by Gasteiger charge is 2.55. The molecule has 0 saturated carbocycles. The Morgan fingerprint density at radius 1 is 0.333 bits per heavy atom. The summed E-state index contributed by atoms with van der Waals surface area (Å²) >= 11 is 0. The Labute approximate surface area is 254 Å². The van der Waals surface area contributed by atoms with Crippen LogP contribution in [-0.4, -0.2) is 221 Å². The fourth-order valence-corrected chi connectivity index (χ4v) is 5.48. The maximum Gasteiger partial charge on any atom is 0.187 e. The topological polar surface area (TPSA) is 348 Å². The van der Waals surface area contributed by atoms with Crippen molar-refractivity contribution in [2.45, 2.75) is 123 Å². The molecular weight excluding hydrogens is 624 g/mol. The molecule has 20 atom stereocenters. The summed E-state index contributed by atoms with van der Waals surface area (Å²) in [6, 6.07) is 0. The first kappa shape index (κ1) is 37.0. The van der Waals surface area contributed by atoms with Crippen LogP contribution in [0.15, 0.2) is 0 Å². The van der Waals surface area contributed by atoms with Gasteiger partial charge in [0.1, 0.15) is 97.7 Å². The highest BCUT2D eigenvalue weighted by Crippen LogP contribution is 2.34. The molecule has 14 N–H and O–H groups in total. The van der Waals surface area contributed by atoms with E-state index in [9.17, 15) is 71.5 Å². The Balaban J connectivity index is 1.61. The van der Waals surface area contributed by atoms with E-state index in [1.54, 1.807) is 0 Å². The van der Waals surface area contributed by atoms with Crippen molar-refractivity contribution in [1.29, 1.82) is 0 Å². The Bertz CT molecular complexity index is 916. The van der Waals surface area contributed by atoms with Gasteiger partial charge in [-0.1, -0.05) is 0 Å². The van der Waals surface area contributed by atoms with E-state index in [0.717, 1.165) is 0 Å². The minimum Gasteiger partial charge on any atom is -0.394 e. The van der Waals surface area contributed by atoms with E-state index in [1.165, 1.54) is 0 Å². The Morgan fingerprint density at radius 3 is 1.07 bits per heavy atom. The lowest BCUT2D eigenvalue weighted by Crippen LogP contribution is -2.68. The lowest BCUT2D eigenvalue weighted by molar-refractivity contribution is -0.405. The van der Waals surface area contributed by atoms with Gasteiger partial charge in [-0.25, -0.2) is 0 Å². The molecule has 45 heavy (non-hydrogen) atoms. The van der Waals surface area contributed by atoms with Crippen LogP contribution in [0.2, 0.25) is 0 Å². The van der Waals surface area contributed by atoms with Crippen LogP contribution in [0.4, 0.5) is 0 Å². The highest BCUT2D eigenvalue weighted by molar-refractivity contribution is 4.97. The molecule has 4 aliphatic heterocycles. The average Bonchev–Trinajstić information content (AvgIpc) is 3.03. The van der Waals surface area contributed by atoms with Crippen LogP contribution in [0.1, 0.15) is 0 Å². The lowest BCUT2D eigenvalue weighted by Gasteiger charge is -2.49. The van der Waals surface area contributed by atoms with Crippen molar-refractivity contribution in [2.24, 2.45) is 0 Å². The van der Waals surface area contributed by atoms with Crippen molar-refractivity contribution in [3.8, 4) is 0 Å². The number of hydrogen-bond acceptors (Lipinski definition) is 21. The van der Waals surface area contributed by atoms with Crippen LogP contribution in [0, 0.1) is 0 Å². The Hall–Kier alpha value is -0.840. The standard InChI is InChI=1S/C24H42O21/c25-1-5-10(30)14(34)18(21(38)39-5)43-23-20(16(36)12(32)7(3-27)41-23)45-24-19(15(35)11(31)8(4-28)42-24)44-22-17(37)13(33)9(29)6(2-26)40-22/h5-38H,1-4H2/t5-,6-,7-,8-,9-,10-,11-,12-,13+,14+,15+,16+,17+,18+,19+,20+,21-,22-,23-,24-/m1/s1. The van der Waals surface area contributed by atoms with Crippen LogP contribution < -0.4 is 0 Å². The van der Waals surface area contributed by atoms with E-state index >= 15 is 0 Å². The zero-order valence-electron chi connectivity index (χ0n) is 23.5. The molecule has 264 valence electrons. The molecule has 4 saturated heterocycles. The number of hydrogen-bond donors (Lipinski definition) is 14. The number of ether oxygens (including phenoxy) is 7. The third kappa shape index (κ3) is 7.44. The molecule has 21 nitrogen and oxygen atoms in total. The molecule has 4 aliphatic rings. The molecule has 21 heteroatoms. The van der Waals surface area contributed by atoms with Gasteiger partial charge in [-0.3, -0.25) is 0 Å². The number of aliphatic hydroxyl groups excluding tert-OH is 14. The molecule has 0 aromatic carbocycles. The van der Waals surface area contributed by atoms with Crippen molar-refractivity contribution in [3.63, 3.8) is 0 Å². The van der Waals surface area contributed by atoms with Gasteiger partial charge in [0.05, 0.1) is 26.4 Å². The zero-order valence-corrected chi connectivity index (χ0v) is 23.5. The second kappa shape index (κ2) is 15.6. The Kier molecular flexibility index (Phi) is 12.8. The van der Waals surface area contributed by atoms with E-state index in [4.69, 9.17) is 33.2 Å². The second-order valence-electron chi connectivity index (χ2n) is 11.1. The van der Waals surface area contributed by atoms with Gasteiger partial charge >= 0.3 is 0 Å². The van der Waals surface area contributed by atoms with Crippen LogP contribution in [0.5, 0.6) is 0 Å². The van der Waals surface area contributed by atoms with E-state index in [-0.39, 0.29) is 0 Å². The molecule has 4 heterocycles. The molecule has 0 aromatic heterocycles. The van der Waals surface area contributed by atoms with Gasteiger partial charge in [0.25, 0.3) is 0 Å². The van der Waals surface area contributed by atoms with Crippen LogP contribution in [0.25, 0.3) is 0 Å². The molecule has 0 bridgehead atoms. The predicted octanol–water partition coefficient (Wildman–Crippen LogP) is -9.75. The van der Waals surface area contributed by atoms with Crippen molar-refractivity contribution in [3.05, 3.63) is 0 Å². The largest absolute Gasteiger partial charge is 0.394 e. The predicted molar refractivity (Wildman–Crippen MR) is 134 cm³/mol. The van der Waals surface area contributed by atoms with Gasteiger partial charge in [0, 0.05) is 0 Å². The van der Waals surface area contributed by atoms with Crippen molar-refractivity contribution in [2.75, 3.05) is 26.4 Å². The fraction of sp³-hybridized carbons (Fsp3) is 1.00. The summed E-state index contributed by atoms with van der Waals surface area (Å²) in [5, 5.41) is 143. The van der Waals surface area contributed by atoms with Crippen molar-refractivity contribution in [1.82, 2.24) is 0 Å². The smallest absolute Gasteiger partial charge is 0.187 e. The molecule has 4 rings (SSSR count). The van der Waals surface area contributed by atoms with E-state index in [2.05, 4.69) is 0 Å². The van der Waals surface area contributed by atoms with Gasteiger partial charge in [-0.05, 0) is 0 Å². The van der Waals surface area contributed by atoms with Crippen LogP contribution in [0.3, 0.4) is 0 Å². The summed E-state index contributed by atoms with van der Waals surface area (Å²) in [6.07, 6.45) is -36.6. The fourth-order valence-electron chi connectivity index (χ4n) is 5.48. The third-order valence-corrected chi connectivity index (χ3v) is 8.21. The molecule has 4 fully saturated rings. The van der Waals surface area contributed by atoms with E-state index < -0.39 is 149 Å². The van der Waals surface area contributed by atoms with Crippen LogP contribution >= 0.6 is 0 Å². The molecule has 0 amide bonds. The molecular formula is C24H42O21. The molecule has 0 unspecified atom stereocenters. The number of rotatable bonds is 10. The monoisotopic (exact) mass is 666 g/mol. The van der Waals surface area contributed by atoms with Gasteiger partial charge in [-0.15, -0.1) is 0 Å². The quantitative estimate of drug-likeness (QED) is 0.103. The van der Waals surface area contributed by atoms with Crippen molar-refractivity contribution >= 4 is 0 Å². The first-order valence-corrected chi connectivity index (χ1v) is 14.1. The summed E-state index contributed by atoms with van der Waals surface area (Å²) in [4.78, 5) is 0. The minimum atomic E-state index is -2.03. The van der Waals surface area contributed by atoms with E-state index in [0.29, 0.717) is 0 Å². The summed E-state index contributed by atoms with van der Waals surface area (Å²) in [7, 11) is 0. The van der Waals surface area contributed by atoms with Crippen LogP contribution in [-0.2, 0) is 33.2 Å². The minimum absolute atomic E-state index is 0.791. The summed E-state index contributed by atoms with van der Waals surface area (Å²) < 4.78 is 38.3. The summed E-state index contributed by atoms with van der Waals surface area (Å²) in [5.74, 6) is 0. The maximum absolute atomic E-state index is 11.0. The first-order valence-electron chi connectivity index (χ1n) is 14.1. The van der Waals surface area contributed by atoms with Gasteiger partial charge in [0.2, 0.25) is 0 Å². The summed E-state index contributed by atoms with van der Waals surface area (Å²) in [6.45, 7) is -3.41. The summed E-state index contributed by atoms with van der Waals surface area (Å²) in [5.41, 5.74) is 0. The zero-order chi connectivity index (χ0) is 33.3. The molecule has 0 radical (unpaired) electrons. The maximum atomic E-state index is 11.0. The van der Waals surface area contributed by atoms with Crippen molar-refractivity contribution < 1.29 is 105 Å². The third-order valence-electron chi connectivity index (χ3n) is 8.21. The SMILES string of the molecule is OC[C@H]1O[C@H](O[C@@H]2[C@@H](O[C@@H]3[C@@H](O[C@H]4[C@@H](O)[C@H](O)[C@@H](CO)O[C@H]4O)O[C@H](CO)[C@@H](O)[C@@H]3O)O[C@H](CO)[C@@H](O)[C@@H]2O)[C@@H](O)[C@@H](O)[C@@H]1O. The van der Waals surface area contributed by atoms with Gasteiger partial charge in [-0.2, -0.15) is 0 Å². The normalized spacial score (nSPS) is 52.9. The van der Waals surface area contributed by atoms with Gasteiger partial charge in [0.15, 0.2) is 25.2 Å². The number of aliphatic hydroxyl groups is 14. The molecule has 0 aliphatic carbocycles. The highest BCUT2D eigenvalue weighted by atomic mass is 16.8. The van der Waals surface area contributed by atoms with Gasteiger partial charge < -0.3 is 105 Å². The lowest BCUT2D eigenvalue weighted by atomic mass is 9.96. The molecule has 0 spiro atoms. The Morgan fingerprint density at radius 2 is 0.644 bits per heavy atom. The second-order valence-corrected chi connectivity index (χ2v) is 11.1. The average molecular weight is 667 g/mol. The van der Waals surface area contributed by atoms with E-state index in [1.807, 2.05) is 0 Å². The first-order chi connectivity index (χ1) is 21.3. The molecule has 0 aromatic rings.